The second kappa shape index (κ2) is 13.3. The van der Waals surface area contributed by atoms with Crippen molar-refractivity contribution in [2.45, 2.75) is 25.0 Å². The largest absolute Gasteiger partial charge is 0.497 e. The maximum Gasteiger partial charge on any atom is 0.338 e. The molecule has 0 saturated carbocycles. The van der Waals surface area contributed by atoms with E-state index in [4.69, 9.17) is 26.1 Å². The molecule has 2 amide bonds. The van der Waals surface area contributed by atoms with Crippen LogP contribution in [0.5, 0.6) is 5.75 Å². The van der Waals surface area contributed by atoms with Crippen molar-refractivity contribution >= 4 is 57.7 Å². The SMILES string of the molecule is CCOC(=O)c1ccc(N=C2S[C@H](C(=O)Nc3ccccc3Cl)CC(=O)N2CCc2ccc(OC)cc2)cc1. The first-order valence-corrected chi connectivity index (χ1v) is 13.6. The van der Waals surface area contributed by atoms with E-state index in [0.29, 0.717) is 40.1 Å². The van der Waals surface area contributed by atoms with Crippen molar-refractivity contribution in [3.05, 3.63) is 88.9 Å². The minimum Gasteiger partial charge on any atom is -0.497 e. The smallest absolute Gasteiger partial charge is 0.338 e. The Morgan fingerprint density at radius 3 is 2.46 bits per heavy atom. The molecule has 1 aliphatic rings. The zero-order valence-electron chi connectivity index (χ0n) is 21.6. The Labute approximate surface area is 236 Å². The summed E-state index contributed by atoms with van der Waals surface area (Å²) in [6.45, 7) is 2.41. The molecule has 1 aliphatic heterocycles. The van der Waals surface area contributed by atoms with Crippen molar-refractivity contribution in [1.29, 1.82) is 0 Å². The number of methoxy groups -OCH3 is 1. The van der Waals surface area contributed by atoms with Crippen LogP contribution in [0.15, 0.2) is 77.8 Å². The van der Waals surface area contributed by atoms with Gasteiger partial charge in [0, 0.05) is 13.0 Å². The Bertz CT molecular complexity index is 1360. The monoisotopic (exact) mass is 565 g/mol. The number of carbonyl (C=O) groups is 3. The van der Waals surface area contributed by atoms with Gasteiger partial charge in [0.25, 0.3) is 0 Å². The number of nitrogens with zero attached hydrogens (tertiary/aromatic N) is 2. The van der Waals surface area contributed by atoms with Crippen molar-refractivity contribution in [2.75, 3.05) is 25.6 Å². The summed E-state index contributed by atoms with van der Waals surface area (Å²) in [6, 6.07) is 21.2. The van der Waals surface area contributed by atoms with Crippen LogP contribution in [0.3, 0.4) is 0 Å². The third-order valence-electron chi connectivity index (χ3n) is 5.95. The number of halogens is 1. The molecule has 10 heteroatoms. The summed E-state index contributed by atoms with van der Waals surface area (Å²) < 4.78 is 10.3. The van der Waals surface area contributed by atoms with Gasteiger partial charge in [0.05, 0.1) is 35.7 Å². The predicted octanol–water partition coefficient (Wildman–Crippen LogP) is 5.73. The fourth-order valence-corrected chi connectivity index (χ4v) is 5.17. The molecule has 4 rings (SSSR count). The van der Waals surface area contributed by atoms with Crippen LogP contribution in [0.4, 0.5) is 11.4 Å². The molecule has 0 bridgehead atoms. The van der Waals surface area contributed by atoms with E-state index in [9.17, 15) is 14.4 Å². The van der Waals surface area contributed by atoms with E-state index in [1.54, 1.807) is 67.5 Å². The molecule has 1 N–H and O–H groups in total. The van der Waals surface area contributed by atoms with E-state index in [1.807, 2.05) is 24.3 Å². The number of rotatable bonds is 9. The molecule has 0 unspecified atom stereocenters. The fraction of sp³-hybridized carbons (Fsp3) is 0.241. The average Bonchev–Trinajstić information content (AvgIpc) is 2.94. The van der Waals surface area contributed by atoms with Gasteiger partial charge < -0.3 is 14.8 Å². The van der Waals surface area contributed by atoms with Crippen molar-refractivity contribution in [2.24, 2.45) is 4.99 Å². The van der Waals surface area contributed by atoms with Gasteiger partial charge in [0.1, 0.15) is 11.0 Å². The van der Waals surface area contributed by atoms with Gasteiger partial charge in [-0.05, 0) is 67.4 Å². The lowest BCUT2D eigenvalue weighted by Crippen LogP contribution is -2.46. The van der Waals surface area contributed by atoms with Crippen molar-refractivity contribution < 1.29 is 23.9 Å². The molecular formula is C29H28ClN3O5S. The number of aliphatic imine (C=N–C) groups is 1. The van der Waals surface area contributed by atoms with Crippen LogP contribution >= 0.6 is 23.4 Å². The molecule has 1 fully saturated rings. The van der Waals surface area contributed by atoms with E-state index in [2.05, 4.69) is 5.32 Å². The number of hydrogen-bond acceptors (Lipinski definition) is 7. The molecule has 0 aliphatic carbocycles. The number of carbonyl (C=O) groups excluding carboxylic acids is 3. The summed E-state index contributed by atoms with van der Waals surface area (Å²) in [6.07, 6.45) is 0.609. The van der Waals surface area contributed by atoms with Gasteiger partial charge in [0.15, 0.2) is 5.17 Å². The Morgan fingerprint density at radius 1 is 1.08 bits per heavy atom. The van der Waals surface area contributed by atoms with Crippen LogP contribution < -0.4 is 10.1 Å². The highest BCUT2D eigenvalue weighted by atomic mass is 35.5. The summed E-state index contributed by atoms with van der Waals surface area (Å²) in [4.78, 5) is 44.7. The number of thioether (sulfide) groups is 1. The Balaban J connectivity index is 1.56. The Kier molecular flexibility index (Phi) is 9.62. The van der Waals surface area contributed by atoms with Gasteiger partial charge in [-0.15, -0.1) is 0 Å². The van der Waals surface area contributed by atoms with Crippen LogP contribution in [-0.4, -0.2) is 53.4 Å². The molecule has 1 atom stereocenters. The van der Waals surface area contributed by atoms with Crippen molar-refractivity contribution in [3.63, 3.8) is 0 Å². The molecule has 0 radical (unpaired) electrons. The first-order valence-electron chi connectivity index (χ1n) is 12.4. The quantitative estimate of drug-likeness (QED) is 0.333. The summed E-state index contributed by atoms with van der Waals surface area (Å²) in [7, 11) is 1.61. The number of nitrogens with one attached hydrogen (secondary N) is 1. The Morgan fingerprint density at radius 2 is 1.79 bits per heavy atom. The van der Waals surface area contributed by atoms with Gasteiger partial charge in [0.2, 0.25) is 11.8 Å². The number of anilines is 1. The van der Waals surface area contributed by atoms with Crippen LogP contribution in [0.2, 0.25) is 5.02 Å². The van der Waals surface area contributed by atoms with E-state index in [-0.39, 0.29) is 24.8 Å². The minimum atomic E-state index is -0.691. The zero-order chi connectivity index (χ0) is 27.8. The number of esters is 1. The molecule has 1 saturated heterocycles. The number of amidine groups is 1. The van der Waals surface area contributed by atoms with Crippen LogP contribution in [0.1, 0.15) is 29.3 Å². The maximum atomic E-state index is 13.3. The summed E-state index contributed by atoms with van der Waals surface area (Å²) in [5, 5.41) is 2.95. The van der Waals surface area contributed by atoms with Gasteiger partial charge in [-0.2, -0.15) is 0 Å². The van der Waals surface area contributed by atoms with Crippen molar-refractivity contribution in [3.8, 4) is 5.75 Å². The van der Waals surface area contributed by atoms with Crippen LogP contribution in [0, 0.1) is 0 Å². The zero-order valence-corrected chi connectivity index (χ0v) is 23.1. The standard InChI is InChI=1S/C29H28ClN3O5S/c1-3-38-28(36)20-10-12-21(13-11-20)31-29-33(17-16-19-8-14-22(37-2)15-9-19)26(34)18-25(39-29)27(35)32-24-7-5-4-6-23(24)30/h4-15,25H,3,16-18H2,1-2H3,(H,32,35)/t25-/m0/s1. The maximum absolute atomic E-state index is 13.3. The first-order chi connectivity index (χ1) is 18.9. The molecule has 202 valence electrons. The van der Waals surface area contributed by atoms with Gasteiger partial charge >= 0.3 is 5.97 Å². The minimum absolute atomic E-state index is 0.0182. The fourth-order valence-electron chi connectivity index (χ4n) is 3.87. The molecular weight excluding hydrogens is 538 g/mol. The highest BCUT2D eigenvalue weighted by molar-refractivity contribution is 8.15. The first kappa shape index (κ1) is 28.2. The normalized spacial score (nSPS) is 16.2. The van der Waals surface area contributed by atoms with Gasteiger partial charge in [-0.1, -0.05) is 47.6 Å². The summed E-state index contributed by atoms with van der Waals surface area (Å²) >= 11 is 7.43. The lowest BCUT2D eigenvalue weighted by molar-refractivity contribution is -0.129. The van der Waals surface area contributed by atoms with Gasteiger partial charge in [-0.3, -0.25) is 14.5 Å². The molecule has 0 aromatic heterocycles. The molecule has 0 spiro atoms. The lowest BCUT2D eigenvalue weighted by atomic mass is 10.1. The van der Waals surface area contributed by atoms with Crippen molar-refractivity contribution in [1.82, 2.24) is 4.90 Å². The second-order valence-corrected chi connectivity index (χ2v) is 10.2. The van der Waals surface area contributed by atoms with Crippen LogP contribution in [-0.2, 0) is 20.7 Å². The topological polar surface area (TPSA) is 97.3 Å². The molecule has 3 aromatic rings. The molecule has 8 nitrogen and oxygen atoms in total. The van der Waals surface area contributed by atoms with Gasteiger partial charge in [-0.25, -0.2) is 9.79 Å². The van der Waals surface area contributed by atoms with Crippen LogP contribution in [0.25, 0.3) is 0 Å². The average molecular weight is 566 g/mol. The summed E-state index contributed by atoms with van der Waals surface area (Å²) in [5.41, 5.74) is 2.46. The third kappa shape index (κ3) is 7.40. The highest BCUT2D eigenvalue weighted by Gasteiger charge is 2.36. The third-order valence-corrected chi connectivity index (χ3v) is 7.47. The predicted molar refractivity (Wildman–Crippen MR) is 154 cm³/mol. The molecule has 39 heavy (non-hydrogen) atoms. The summed E-state index contributed by atoms with van der Waals surface area (Å²) in [5.74, 6) is -0.203. The van der Waals surface area contributed by atoms with E-state index < -0.39 is 11.2 Å². The van der Waals surface area contributed by atoms with E-state index in [0.717, 1.165) is 11.3 Å². The number of amides is 2. The Hall–Kier alpha value is -3.82. The molecule has 3 aromatic carbocycles. The van der Waals surface area contributed by atoms with E-state index >= 15 is 0 Å². The number of benzene rings is 3. The number of para-hydroxylation sites is 1. The lowest BCUT2D eigenvalue weighted by Gasteiger charge is -2.32. The second-order valence-electron chi connectivity index (χ2n) is 8.58. The number of ether oxygens (including phenoxy) is 2. The van der Waals surface area contributed by atoms with E-state index in [1.165, 1.54) is 11.8 Å². The molecule has 1 heterocycles. The highest BCUT2D eigenvalue weighted by Crippen LogP contribution is 2.31. The number of hydrogen-bond donors (Lipinski definition) is 1.